The molecule has 0 nitrogen and oxygen atoms in total. The Morgan fingerprint density at radius 1 is 0.762 bits per heavy atom. The molecule has 0 aromatic heterocycles. The van der Waals surface area contributed by atoms with E-state index in [1.807, 2.05) is 0 Å². The van der Waals surface area contributed by atoms with E-state index in [-0.39, 0.29) is 32.7 Å². The molecule has 21 heavy (non-hydrogen) atoms. The fourth-order valence-electron chi connectivity index (χ4n) is 2.53. The number of rotatable bonds is 2. The van der Waals surface area contributed by atoms with Crippen molar-refractivity contribution < 1.29 is 32.7 Å². The molecule has 0 fully saturated rings. The van der Waals surface area contributed by atoms with E-state index in [0.717, 1.165) is 5.56 Å². The smallest absolute Gasteiger partial charge is 0.190 e. The maximum Gasteiger partial charge on any atom is 3.00 e. The molecule has 3 aromatic carbocycles. The van der Waals surface area contributed by atoms with E-state index in [0.29, 0.717) is 0 Å². The van der Waals surface area contributed by atoms with Crippen LogP contribution in [0, 0.1) is 19.9 Å². The molecule has 0 saturated carbocycles. The van der Waals surface area contributed by atoms with Gasteiger partial charge in [0.05, 0.1) is 0 Å². The minimum Gasteiger partial charge on any atom is -0.190 e. The van der Waals surface area contributed by atoms with Gasteiger partial charge in [0, 0.05) is 0 Å². The summed E-state index contributed by atoms with van der Waals surface area (Å²) in [5.74, 6) is 0. The Kier molecular flexibility index (Phi) is 5.14. The minimum atomic E-state index is 0. The third-order valence-electron chi connectivity index (χ3n) is 3.76. The van der Waals surface area contributed by atoms with Crippen LogP contribution >= 0.6 is 0 Å². The predicted octanol–water partition coefficient (Wildman–Crippen LogP) is 5.46. The summed E-state index contributed by atoms with van der Waals surface area (Å²) in [7, 11) is 0. The molecule has 0 amide bonds. The number of fused-ring (bicyclic) bond motifs is 1. The van der Waals surface area contributed by atoms with Gasteiger partial charge < -0.3 is 0 Å². The molecule has 0 bridgehead atoms. The first kappa shape index (κ1) is 16.1. The van der Waals surface area contributed by atoms with Gasteiger partial charge in [-0.3, -0.25) is 0 Å². The first-order valence-corrected chi connectivity index (χ1v) is 6.82. The molecular weight excluding hydrogens is 329 g/mol. The van der Waals surface area contributed by atoms with Gasteiger partial charge in [-0.15, -0.1) is 6.07 Å². The standard InChI is InChI=1S/C20H17.Y/c1-4-16-12-20-13-19(10-9-18(20)11-15(16)3)17-7-5-14(2)6-8-17;/h5-13H,1H2,2-3H3;/q-1;+3. The molecule has 0 N–H and O–H groups in total. The predicted molar refractivity (Wildman–Crippen MR) is 86.8 cm³/mol. The van der Waals surface area contributed by atoms with E-state index >= 15 is 0 Å². The summed E-state index contributed by atoms with van der Waals surface area (Å²) in [6.07, 6.45) is 3.00. The summed E-state index contributed by atoms with van der Waals surface area (Å²) >= 11 is 0. The molecule has 0 saturated heterocycles. The van der Waals surface area contributed by atoms with Crippen LogP contribution in [0.4, 0.5) is 0 Å². The second-order valence-electron chi connectivity index (χ2n) is 5.27. The average Bonchev–Trinajstić information content (AvgIpc) is 2.47. The van der Waals surface area contributed by atoms with Gasteiger partial charge in [0.25, 0.3) is 0 Å². The van der Waals surface area contributed by atoms with Crippen LogP contribution in [0.2, 0.25) is 0 Å². The third-order valence-corrected chi connectivity index (χ3v) is 3.76. The molecule has 0 heterocycles. The molecule has 0 unspecified atom stereocenters. The van der Waals surface area contributed by atoms with Crippen molar-refractivity contribution in [2.75, 3.05) is 0 Å². The first-order valence-electron chi connectivity index (χ1n) is 6.82. The Morgan fingerprint density at radius 3 is 2.10 bits per heavy atom. The van der Waals surface area contributed by atoms with E-state index in [4.69, 9.17) is 0 Å². The fourth-order valence-corrected chi connectivity index (χ4v) is 2.53. The second kappa shape index (κ2) is 6.68. The van der Waals surface area contributed by atoms with Crippen molar-refractivity contribution in [1.29, 1.82) is 0 Å². The number of aryl methyl sites for hydroxylation is 2. The Balaban J connectivity index is 0.00000161. The van der Waals surface area contributed by atoms with Gasteiger partial charge in [-0.2, -0.15) is 29.8 Å². The van der Waals surface area contributed by atoms with E-state index in [9.17, 15) is 0 Å². The molecule has 0 aliphatic rings. The largest absolute Gasteiger partial charge is 3.00 e. The monoisotopic (exact) mass is 346 g/mol. The van der Waals surface area contributed by atoms with Crippen LogP contribution in [0.15, 0.2) is 61.2 Å². The van der Waals surface area contributed by atoms with Crippen LogP contribution in [-0.2, 0) is 32.7 Å². The van der Waals surface area contributed by atoms with Crippen LogP contribution in [0.3, 0.4) is 0 Å². The van der Waals surface area contributed by atoms with Gasteiger partial charge in [0.2, 0.25) is 0 Å². The van der Waals surface area contributed by atoms with Crippen LogP contribution in [0.1, 0.15) is 16.7 Å². The molecule has 0 atom stereocenters. The van der Waals surface area contributed by atoms with Crippen LogP contribution < -0.4 is 0 Å². The van der Waals surface area contributed by atoms with Gasteiger partial charge in [-0.25, -0.2) is 0 Å². The maximum atomic E-state index is 3.76. The van der Waals surface area contributed by atoms with Gasteiger partial charge >= 0.3 is 32.7 Å². The SMILES string of the molecule is C=[C-]c1cc2cc(-c3ccc(C)cc3)ccc2cc1C.[Y+3]. The normalized spacial score (nSPS) is 10.2. The summed E-state index contributed by atoms with van der Waals surface area (Å²) in [6, 6.07) is 19.6. The average molecular weight is 346 g/mol. The van der Waals surface area contributed by atoms with Gasteiger partial charge in [-0.05, 0) is 23.4 Å². The Hall–Kier alpha value is -1.24. The van der Waals surface area contributed by atoms with Crippen molar-refractivity contribution in [3.05, 3.63) is 83.9 Å². The summed E-state index contributed by atoms with van der Waals surface area (Å²) in [5, 5.41) is 2.50. The van der Waals surface area contributed by atoms with Crippen molar-refractivity contribution in [1.82, 2.24) is 0 Å². The summed E-state index contributed by atoms with van der Waals surface area (Å²) in [5.41, 5.74) is 6.08. The van der Waals surface area contributed by atoms with Crippen molar-refractivity contribution in [2.24, 2.45) is 0 Å². The molecule has 3 rings (SSSR count). The van der Waals surface area contributed by atoms with E-state index in [1.54, 1.807) is 0 Å². The summed E-state index contributed by atoms with van der Waals surface area (Å²) in [4.78, 5) is 0. The fraction of sp³-hybridized carbons (Fsp3) is 0.100. The number of benzene rings is 3. The van der Waals surface area contributed by atoms with Crippen molar-refractivity contribution in [2.45, 2.75) is 13.8 Å². The van der Waals surface area contributed by atoms with Crippen LogP contribution in [0.25, 0.3) is 21.9 Å². The van der Waals surface area contributed by atoms with Gasteiger partial charge in [0.1, 0.15) is 0 Å². The zero-order valence-corrected chi connectivity index (χ0v) is 15.3. The van der Waals surface area contributed by atoms with Crippen LogP contribution in [0.5, 0.6) is 0 Å². The van der Waals surface area contributed by atoms with Crippen molar-refractivity contribution in [3.63, 3.8) is 0 Å². The zero-order valence-electron chi connectivity index (χ0n) is 12.5. The molecule has 98 valence electrons. The number of hydrogen-bond acceptors (Lipinski definition) is 0. The Morgan fingerprint density at radius 2 is 1.43 bits per heavy atom. The van der Waals surface area contributed by atoms with Crippen molar-refractivity contribution >= 4 is 10.8 Å². The first-order chi connectivity index (χ1) is 9.67. The molecule has 1 heteroatoms. The molecule has 0 aliphatic heterocycles. The van der Waals surface area contributed by atoms with E-state index < -0.39 is 0 Å². The van der Waals surface area contributed by atoms with Crippen LogP contribution in [-0.4, -0.2) is 0 Å². The number of hydrogen-bond donors (Lipinski definition) is 0. The molecule has 3 aromatic rings. The van der Waals surface area contributed by atoms with Gasteiger partial charge in [0.15, 0.2) is 0 Å². The minimum absolute atomic E-state index is 0. The molecule has 0 radical (unpaired) electrons. The quantitative estimate of drug-likeness (QED) is 0.541. The zero-order chi connectivity index (χ0) is 14.1. The van der Waals surface area contributed by atoms with Gasteiger partial charge in [-0.1, -0.05) is 60.3 Å². The Labute approximate surface area is 151 Å². The summed E-state index contributed by atoms with van der Waals surface area (Å²) in [6.45, 7) is 7.97. The third kappa shape index (κ3) is 3.33. The van der Waals surface area contributed by atoms with E-state index in [2.05, 4.69) is 81.1 Å². The maximum absolute atomic E-state index is 3.76. The summed E-state index contributed by atoms with van der Waals surface area (Å²) < 4.78 is 0. The topological polar surface area (TPSA) is 0 Å². The second-order valence-corrected chi connectivity index (χ2v) is 5.27. The van der Waals surface area contributed by atoms with E-state index in [1.165, 1.54) is 33.0 Å². The van der Waals surface area contributed by atoms with Crippen molar-refractivity contribution in [3.8, 4) is 11.1 Å². The molecular formula is C20H17Y+2. The molecule has 0 aliphatic carbocycles. The molecule has 0 spiro atoms. The Bertz CT molecular complexity index is 783.